The molecule has 9 heteroatoms. The van der Waals surface area contributed by atoms with Gasteiger partial charge < -0.3 is 14.3 Å². The lowest BCUT2D eigenvalue weighted by atomic mass is 10.2. The Morgan fingerprint density at radius 2 is 1.89 bits per heavy atom. The number of rotatable bonds is 7. The molecule has 27 heavy (non-hydrogen) atoms. The van der Waals surface area contributed by atoms with Crippen LogP contribution >= 0.6 is 0 Å². The zero-order valence-corrected chi connectivity index (χ0v) is 15.3. The van der Waals surface area contributed by atoms with Crippen LogP contribution in [0.3, 0.4) is 0 Å². The summed E-state index contributed by atoms with van der Waals surface area (Å²) in [5, 5.41) is 14.6. The molecule has 0 atom stereocenters. The topological polar surface area (TPSA) is 106 Å². The normalized spacial score (nSPS) is 14.4. The van der Waals surface area contributed by atoms with Crippen LogP contribution in [0.2, 0.25) is 0 Å². The predicted molar refractivity (Wildman–Crippen MR) is 98.5 cm³/mol. The number of aromatic nitrogens is 2. The molecule has 3 rings (SSSR count). The summed E-state index contributed by atoms with van der Waals surface area (Å²) in [5.41, 5.74) is 1.01. The summed E-state index contributed by atoms with van der Waals surface area (Å²) in [7, 11) is 0. The lowest BCUT2D eigenvalue weighted by molar-refractivity contribution is -0.384. The maximum absolute atomic E-state index is 12.4. The first-order chi connectivity index (χ1) is 13.1. The van der Waals surface area contributed by atoms with Gasteiger partial charge in [0.15, 0.2) is 5.82 Å². The average Bonchev–Trinajstić information content (AvgIpc) is 3.14. The Labute approximate surface area is 157 Å². The van der Waals surface area contributed by atoms with Crippen LogP contribution in [0, 0.1) is 10.1 Å². The molecule has 0 unspecified atom stereocenters. The Morgan fingerprint density at radius 1 is 1.19 bits per heavy atom. The lowest BCUT2D eigenvalue weighted by Gasteiger charge is -2.36. The Bertz CT molecular complexity index is 781. The molecule has 1 fully saturated rings. The summed E-state index contributed by atoms with van der Waals surface area (Å²) in [4.78, 5) is 31.0. The van der Waals surface area contributed by atoms with Gasteiger partial charge in [0, 0.05) is 63.3 Å². The van der Waals surface area contributed by atoms with Gasteiger partial charge >= 0.3 is 0 Å². The number of benzene rings is 1. The van der Waals surface area contributed by atoms with Crippen molar-refractivity contribution in [2.75, 3.05) is 31.1 Å². The molecular weight excluding hydrogens is 350 g/mol. The quantitative estimate of drug-likeness (QED) is 0.541. The second-order valence-corrected chi connectivity index (χ2v) is 6.50. The fourth-order valence-electron chi connectivity index (χ4n) is 3.09. The Kier molecular flexibility index (Phi) is 6.00. The number of hydrogen-bond acceptors (Lipinski definition) is 7. The summed E-state index contributed by atoms with van der Waals surface area (Å²) in [5.74, 6) is 1.28. The Hall–Kier alpha value is -2.97. The van der Waals surface area contributed by atoms with Gasteiger partial charge in [-0.05, 0) is 18.6 Å². The van der Waals surface area contributed by atoms with Crippen molar-refractivity contribution >= 4 is 17.3 Å². The number of anilines is 1. The highest BCUT2D eigenvalue weighted by molar-refractivity contribution is 5.76. The molecule has 2 aromatic rings. The molecule has 1 amide bonds. The van der Waals surface area contributed by atoms with Crippen molar-refractivity contribution < 1.29 is 14.2 Å². The largest absolute Gasteiger partial charge is 0.368 e. The molecule has 0 saturated carbocycles. The van der Waals surface area contributed by atoms with Crippen LogP contribution in [0.4, 0.5) is 11.4 Å². The molecule has 1 aromatic heterocycles. The summed E-state index contributed by atoms with van der Waals surface area (Å²) in [6.45, 7) is 4.70. The van der Waals surface area contributed by atoms with E-state index in [2.05, 4.69) is 22.0 Å². The number of carbonyl (C=O) groups excluding carboxylic acids is 1. The van der Waals surface area contributed by atoms with Crippen LogP contribution in [-0.4, -0.2) is 52.1 Å². The van der Waals surface area contributed by atoms with Crippen molar-refractivity contribution in [2.24, 2.45) is 0 Å². The van der Waals surface area contributed by atoms with Gasteiger partial charge in [0.25, 0.3) is 5.69 Å². The van der Waals surface area contributed by atoms with Gasteiger partial charge in [0.2, 0.25) is 11.8 Å². The second kappa shape index (κ2) is 8.61. The van der Waals surface area contributed by atoms with E-state index in [0.29, 0.717) is 50.7 Å². The third-order valence-electron chi connectivity index (χ3n) is 4.59. The van der Waals surface area contributed by atoms with E-state index in [0.717, 1.165) is 18.5 Å². The molecule has 9 nitrogen and oxygen atoms in total. The zero-order valence-electron chi connectivity index (χ0n) is 15.3. The first-order valence-corrected chi connectivity index (χ1v) is 9.15. The first-order valence-electron chi connectivity index (χ1n) is 9.15. The lowest BCUT2D eigenvalue weighted by Crippen LogP contribution is -2.48. The number of nitrogens with zero attached hydrogens (tertiary/aromatic N) is 5. The van der Waals surface area contributed by atoms with Gasteiger partial charge in [0.05, 0.1) is 4.92 Å². The summed E-state index contributed by atoms with van der Waals surface area (Å²) < 4.78 is 5.17. The molecule has 1 aliphatic rings. The second-order valence-electron chi connectivity index (χ2n) is 6.50. The van der Waals surface area contributed by atoms with Crippen molar-refractivity contribution in [1.29, 1.82) is 0 Å². The minimum atomic E-state index is -0.408. The highest BCUT2D eigenvalue weighted by atomic mass is 16.6. The molecule has 1 aliphatic heterocycles. The molecule has 0 bridgehead atoms. The third kappa shape index (κ3) is 4.81. The van der Waals surface area contributed by atoms with Gasteiger partial charge in [0.1, 0.15) is 0 Å². The van der Waals surface area contributed by atoms with Crippen LogP contribution in [0.5, 0.6) is 0 Å². The van der Waals surface area contributed by atoms with Crippen LogP contribution in [-0.2, 0) is 17.6 Å². The van der Waals surface area contributed by atoms with Crippen molar-refractivity contribution in [3.63, 3.8) is 0 Å². The smallest absolute Gasteiger partial charge is 0.269 e. The Balaban J connectivity index is 1.46. The van der Waals surface area contributed by atoms with E-state index >= 15 is 0 Å². The van der Waals surface area contributed by atoms with Gasteiger partial charge in [-0.2, -0.15) is 4.98 Å². The number of amides is 1. The summed E-state index contributed by atoms with van der Waals surface area (Å²) >= 11 is 0. The Morgan fingerprint density at radius 3 is 2.52 bits per heavy atom. The molecular formula is C18H23N5O4. The van der Waals surface area contributed by atoms with E-state index in [-0.39, 0.29) is 11.6 Å². The van der Waals surface area contributed by atoms with E-state index in [1.165, 1.54) is 12.1 Å². The van der Waals surface area contributed by atoms with Crippen molar-refractivity contribution in [3.05, 3.63) is 46.1 Å². The van der Waals surface area contributed by atoms with E-state index in [1.807, 2.05) is 4.90 Å². The number of non-ortho nitro benzene ring substituents is 1. The number of hydrogen-bond donors (Lipinski definition) is 0. The van der Waals surface area contributed by atoms with E-state index in [1.54, 1.807) is 12.1 Å². The molecule has 1 aromatic carbocycles. The summed E-state index contributed by atoms with van der Waals surface area (Å²) in [6, 6.07) is 6.51. The SMILES string of the molecule is CCCc1noc(CCC(=O)N2CCN(c3ccc([N+](=O)[O-])cc3)CC2)n1. The third-order valence-corrected chi connectivity index (χ3v) is 4.59. The highest BCUT2D eigenvalue weighted by Gasteiger charge is 2.22. The fourth-order valence-corrected chi connectivity index (χ4v) is 3.09. The van der Waals surface area contributed by atoms with Crippen molar-refractivity contribution in [2.45, 2.75) is 32.6 Å². The molecule has 144 valence electrons. The van der Waals surface area contributed by atoms with Crippen molar-refractivity contribution in [3.8, 4) is 0 Å². The standard InChI is InChI=1S/C18H23N5O4/c1-2-3-16-19-17(27-20-16)8-9-18(24)22-12-10-21(11-13-22)14-4-6-15(7-5-14)23(25)26/h4-7H,2-3,8-13H2,1H3. The van der Waals surface area contributed by atoms with Gasteiger partial charge in [-0.15, -0.1) is 0 Å². The monoisotopic (exact) mass is 373 g/mol. The minimum Gasteiger partial charge on any atom is -0.368 e. The number of aryl methyl sites for hydroxylation is 2. The van der Waals surface area contributed by atoms with Crippen LogP contribution in [0.15, 0.2) is 28.8 Å². The molecule has 0 spiro atoms. The number of nitro groups is 1. The van der Waals surface area contributed by atoms with E-state index in [9.17, 15) is 14.9 Å². The molecule has 2 heterocycles. The van der Waals surface area contributed by atoms with Crippen LogP contribution in [0.1, 0.15) is 31.5 Å². The molecule has 0 N–H and O–H groups in total. The predicted octanol–water partition coefficient (Wildman–Crippen LogP) is 2.21. The average molecular weight is 373 g/mol. The highest BCUT2D eigenvalue weighted by Crippen LogP contribution is 2.21. The van der Waals surface area contributed by atoms with Crippen LogP contribution < -0.4 is 4.90 Å². The van der Waals surface area contributed by atoms with E-state index in [4.69, 9.17) is 4.52 Å². The van der Waals surface area contributed by atoms with Gasteiger partial charge in [-0.25, -0.2) is 0 Å². The van der Waals surface area contributed by atoms with Crippen LogP contribution in [0.25, 0.3) is 0 Å². The zero-order chi connectivity index (χ0) is 19.2. The van der Waals surface area contributed by atoms with E-state index < -0.39 is 4.92 Å². The maximum atomic E-state index is 12.4. The maximum Gasteiger partial charge on any atom is 0.269 e. The fraction of sp³-hybridized carbons (Fsp3) is 0.500. The number of nitro benzene ring substituents is 1. The molecule has 1 saturated heterocycles. The first kappa shape index (κ1) is 18.8. The number of carbonyl (C=O) groups is 1. The minimum absolute atomic E-state index is 0.0774. The van der Waals surface area contributed by atoms with Gasteiger partial charge in [-0.3, -0.25) is 14.9 Å². The van der Waals surface area contributed by atoms with Gasteiger partial charge in [-0.1, -0.05) is 12.1 Å². The molecule has 0 radical (unpaired) electrons. The summed E-state index contributed by atoms with van der Waals surface area (Å²) in [6.07, 6.45) is 2.54. The van der Waals surface area contributed by atoms with Crippen molar-refractivity contribution in [1.82, 2.24) is 15.0 Å². The number of piperazine rings is 1. The molecule has 0 aliphatic carbocycles.